The van der Waals surface area contributed by atoms with Gasteiger partial charge in [-0.1, -0.05) is 0 Å². The van der Waals surface area contributed by atoms with E-state index >= 15 is 0 Å². The van der Waals surface area contributed by atoms with Crippen LogP contribution in [0.25, 0.3) is 0 Å². The second kappa shape index (κ2) is 5.91. The molecule has 4 nitrogen and oxygen atoms in total. The van der Waals surface area contributed by atoms with Crippen LogP contribution in [0.15, 0.2) is 10.9 Å². The first-order valence-electron chi connectivity index (χ1n) is 5.45. The van der Waals surface area contributed by atoms with Crippen LogP contribution < -0.4 is 10.9 Å². The molecule has 1 atom stereocenters. The molecule has 1 aromatic rings. The lowest BCUT2D eigenvalue weighted by Crippen LogP contribution is -2.32. The summed E-state index contributed by atoms with van der Waals surface area (Å²) in [5.74, 6) is -0.0446. The Labute approximate surface area is 105 Å². The molecule has 0 aliphatic rings. The van der Waals surface area contributed by atoms with Crippen LogP contribution in [-0.4, -0.2) is 22.4 Å². The number of hydrogen-bond acceptors (Lipinski definition) is 3. The van der Waals surface area contributed by atoms with Gasteiger partial charge in [0.1, 0.15) is 0 Å². The minimum absolute atomic E-state index is 0.0446. The molecule has 5 heteroatoms. The first-order valence-corrected chi connectivity index (χ1v) is 6.74. The molecule has 17 heavy (non-hydrogen) atoms. The topological polar surface area (TPSA) is 62.0 Å². The Morgan fingerprint density at radius 1 is 1.53 bits per heavy atom. The van der Waals surface area contributed by atoms with Crippen LogP contribution in [0.4, 0.5) is 0 Å². The van der Waals surface area contributed by atoms with Crippen LogP contribution in [0.3, 0.4) is 0 Å². The summed E-state index contributed by atoms with van der Waals surface area (Å²) in [6.07, 6.45) is 1.88. The van der Waals surface area contributed by atoms with Gasteiger partial charge in [0.05, 0.1) is 5.25 Å². The molecule has 0 unspecified atom stereocenters. The Morgan fingerprint density at radius 3 is 2.71 bits per heavy atom. The maximum Gasteiger partial charge on any atom is 0.253 e. The first kappa shape index (κ1) is 13.8. The maximum absolute atomic E-state index is 11.7. The monoisotopic (exact) mass is 254 g/mol. The summed E-state index contributed by atoms with van der Waals surface area (Å²) in [4.78, 5) is 26.0. The van der Waals surface area contributed by atoms with E-state index in [1.165, 1.54) is 11.8 Å². The fourth-order valence-electron chi connectivity index (χ4n) is 1.53. The Balaban J connectivity index is 2.77. The number of nitrogens with one attached hydrogen (secondary N) is 2. The molecule has 2 N–H and O–H groups in total. The Kier molecular flexibility index (Phi) is 4.81. The number of amides is 1. The minimum atomic E-state index is -0.125. The van der Waals surface area contributed by atoms with Crippen molar-refractivity contribution in [2.75, 3.05) is 6.26 Å². The molecule has 0 spiro atoms. The molecule has 0 aromatic carbocycles. The quantitative estimate of drug-likeness (QED) is 0.853. The van der Waals surface area contributed by atoms with E-state index in [1.54, 1.807) is 0 Å². The molecule has 1 amide bonds. The van der Waals surface area contributed by atoms with Crippen molar-refractivity contribution < 1.29 is 4.79 Å². The SMILES string of the molecule is CS[C@@H](C)C(=O)NCc1c(C)cc(C)[nH]c1=O. The van der Waals surface area contributed by atoms with Gasteiger partial charge in [0.2, 0.25) is 5.91 Å². The largest absolute Gasteiger partial charge is 0.351 e. The van der Waals surface area contributed by atoms with Gasteiger partial charge >= 0.3 is 0 Å². The van der Waals surface area contributed by atoms with Crippen LogP contribution in [0, 0.1) is 13.8 Å². The Bertz CT molecular complexity index is 468. The van der Waals surface area contributed by atoms with Gasteiger partial charge in [-0.25, -0.2) is 0 Å². The smallest absolute Gasteiger partial charge is 0.253 e. The van der Waals surface area contributed by atoms with Gasteiger partial charge in [0.25, 0.3) is 5.56 Å². The van der Waals surface area contributed by atoms with Crippen molar-refractivity contribution in [3.63, 3.8) is 0 Å². The van der Waals surface area contributed by atoms with Crippen LogP contribution in [0.1, 0.15) is 23.7 Å². The maximum atomic E-state index is 11.7. The van der Waals surface area contributed by atoms with Crippen molar-refractivity contribution in [2.45, 2.75) is 32.6 Å². The lowest BCUT2D eigenvalue weighted by molar-refractivity contribution is -0.120. The second-order valence-corrected chi connectivity index (χ2v) is 5.22. The first-order chi connectivity index (χ1) is 7.95. The number of H-pyrrole nitrogens is 1. The highest BCUT2D eigenvalue weighted by atomic mass is 32.2. The fourth-order valence-corrected chi connectivity index (χ4v) is 1.82. The molecule has 1 aromatic heterocycles. The normalized spacial score (nSPS) is 12.2. The van der Waals surface area contributed by atoms with Crippen molar-refractivity contribution in [1.29, 1.82) is 0 Å². The van der Waals surface area contributed by atoms with E-state index in [4.69, 9.17) is 0 Å². The molecule has 0 aliphatic carbocycles. The van der Waals surface area contributed by atoms with Crippen molar-refractivity contribution in [2.24, 2.45) is 0 Å². The number of carbonyl (C=O) groups excluding carboxylic acids is 1. The van der Waals surface area contributed by atoms with Gasteiger partial charge in [-0.3, -0.25) is 9.59 Å². The average Bonchev–Trinajstić information content (AvgIpc) is 2.26. The fraction of sp³-hybridized carbons (Fsp3) is 0.500. The van der Waals surface area contributed by atoms with Crippen LogP contribution in [-0.2, 0) is 11.3 Å². The van der Waals surface area contributed by atoms with Crippen LogP contribution >= 0.6 is 11.8 Å². The van der Waals surface area contributed by atoms with E-state index in [9.17, 15) is 9.59 Å². The van der Waals surface area contributed by atoms with Crippen molar-refractivity contribution in [3.8, 4) is 0 Å². The predicted molar refractivity (Wildman–Crippen MR) is 71.4 cm³/mol. The molecule has 1 rings (SSSR count). The molecule has 0 saturated heterocycles. The number of pyridine rings is 1. The van der Waals surface area contributed by atoms with E-state index in [2.05, 4.69) is 10.3 Å². The van der Waals surface area contributed by atoms with Crippen LogP contribution in [0.2, 0.25) is 0 Å². The van der Waals surface area contributed by atoms with Crippen molar-refractivity contribution >= 4 is 17.7 Å². The van der Waals surface area contributed by atoms with Gasteiger partial charge in [-0.2, -0.15) is 11.8 Å². The van der Waals surface area contributed by atoms with E-state index < -0.39 is 0 Å². The predicted octanol–water partition coefficient (Wildman–Crippen LogP) is 1.36. The van der Waals surface area contributed by atoms with E-state index in [0.29, 0.717) is 5.56 Å². The zero-order valence-corrected chi connectivity index (χ0v) is 11.4. The minimum Gasteiger partial charge on any atom is -0.351 e. The Hall–Kier alpha value is -1.23. The highest BCUT2D eigenvalue weighted by molar-refractivity contribution is 7.99. The molecule has 0 bridgehead atoms. The van der Waals surface area contributed by atoms with Gasteiger partial charge < -0.3 is 10.3 Å². The highest BCUT2D eigenvalue weighted by Gasteiger charge is 2.12. The second-order valence-electron chi connectivity index (χ2n) is 4.04. The molecular formula is C12H18N2O2S. The van der Waals surface area contributed by atoms with Gasteiger partial charge in [-0.05, 0) is 38.7 Å². The molecule has 1 heterocycles. The molecule has 0 saturated carbocycles. The van der Waals surface area contributed by atoms with Gasteiger partial charge in [-0.15, -0.1) is 0 Å². The number of aryl methyl sites for hydroxylation is 2. The van der Waals surface area contributed by atoms with Crippen LogP contribution in [0.5, 0.6) is 0 Å². The van der Waals surface area contributed by atoms with Crippen molar-refractivity contribution in [3.05, 3.63) is 33.2 Å². The summed E-state index contributed by atoms with van der Waals surface area (Å²) in [6.45, 7) is 5.84. The van der Waals surface area contributed by atoms with E-state index in [1.807, 2.05) is 33.1 Å². The van der Waals surface area contributed by atoms with Crippen molar-refractivity contribution in [1.82, 2.24) is 10.3 Å². The molecule has 0 aliphatic heterocycles. The zero-order valence-electron chi connectivity index (χ0n) is 10.6. The highest BCUT2D eigenvalue weighted by Crippen LogP contribution is 2.06. The third-order valence-electron chi connectivity index (χ3n) is 2.66. The van der Waals surface area contributed by atoms with E-state index in [-0.39, 0.29) is 23.3 Å². The number of rotatable bonds is 4. The molecule has 0 radical (unpaired) electrons. The number of carbonyl (C=O) groups is 1. The number of thioether (sulfide) groups is 1. The molecule has 94 valence electrons. The standard InChI is InChI=1S/C12H18N2O2S/c1-7-5-8(2)14-12(16)10(7)6-13-11(15)9(3)17-4/h5,9H,6H2,1-4H3,(H,13,15)(H,14,16)/t9-/m0/s1. The third kappa shape index (κ3) is 3.63. The summed E-state index contributed by atoms with van der Waals surface area (Å²) >= 11 is 1.48. The number of hydrogen-bond donors (Lipinski definition) is 2. The summed E-state index contributed by atoms with van der Waals surface area (Å²) in [7, 11) is 0. The molecular weight excluding hydrogens is 236 g/mol. The lowest BCUT2D eigenvalue weighted by atomic mass is 10.1. The van der Waals surface area contributed by atoms with E-state index in [0.717, 1.165) is 11.3 Å². The summed E-state index contributed by atoms with van der Waals surface area (Å²) in [5.41, 5.74) is 2.24. The summed E-state index contributed by atoms with van der Waals surface area (Å²) in [5, 5.41) is 2.67. The van der Waals surface area contributed by atoms with Gasteiger partial charge in [0.15, 0.2) is 0 Å². The summed E-state index contributed by atoms with van der Waals surface area (Å²) in [6, 6.07) is 1.90. The number of aromatic nitrogens is 1. The lowest BCUT2D eigenvalue weighted by Gasteiger charge is -2.11. The molecule has 0 fully saturated rings. The Morgan fingerprint density at radius 2 is 2.18 bits per heavy atom. The average molecular weight is 254 g/mol. The number of aromatic amines is 1. The third-order valence-corrected chi connectivity index (χ3v) is 3.58. The zero-order chi connectivity index (χ0) is 13.0. The summed E-state index contributed by atoms with van der Waals surface area (Å²) < 4.78 is 0. The van der Waals surface area contributed by atoms with Gasteiger partial charge in [0, 0.05) is 17.8 Å².